The average molecular weight is 203 g/mol. The summed E-state index contributed by atoms with van der Waals surface area (Å²) >= 11 is 0. The fourth-order valence-corrected chi connectivity index (χ4v) is 1.10. The molecule has 0 bridgehead atoms. The van der Waals surface area contributed by atoms with Crippen LogP contribution in [0.15, 0.2) is 0 Å². The third kappa shape index (κ3) is 3.96. The topological polar surface area (TPSA) is 60.8 Å². The Kier molecular flexibility index (Phi) is 3.94. The molecule has 84 valence electrons. The minimum Gasteiger partial charge on any atom is -0.465 e. The third-order valence-corrected chi connectivity index (χ3v) is 1.98. The zero-order valence-corrected chi connectivity index (χ0v) is 9.66. The molecule has 0 heterocycles. The van der Waals surface area contributed by atoms with Gasteiger partial charge in [0.15, 0.2) is 0 Å². The van der Waals surface area contributed by atoms with Crippen LogP contribution >= 0.6 is 0 Å². The molecule has 0 saturated heterocycles. The lowest BCUT2D eigenvalue weighted by molar-refractivity contribution is 0.0356. The summed E-state index contributed by atoms with van der Waals surface area (Å²) in [5, 5.41) is 18.1. The molecule has 0 aliphatic rings. The lowest BCUT2D eigenvalue weighted by atomic mass is 9.93. The van der Waals surface area contributed by atoms with Gasteiger partial charge in [-0.15, -0.1) is 0 Å². The van der Waals surface area contributed by atoms with Crippen molar-refractivity contribution in [2.24, 2.45) is 5.41 Å². The number of amides is 1. The molecule has 0 fully saturated rings. The summed E-state index contributed by atoms with van der Waals surface area (Å²) in [6, 6.07) is 0. The Labute approximate surface area is 85.5 Å². The van der Waals surface area contributed by atoms with Crippen LogP contribution in [0.1, 0.15) is 34.6 Å². The van der Waals surface area contributed by atoms with Gasteiger partial charge in [-0.25, -0.2) is 4.79 Å². The highest BCUT2D eigenvalue weighted by atomic mass is 16.4. The zero-order valence-electron chi connectivity index (χ0n) is 9.66. The van der Waals surface area contributed by atoms with Crippen molar-refractivity contribution in [3.05, 3.63) is 0 Å². The summed E-state index contributed by atoms with van der Waals surface area (Å²) in [5.41, 5.74) is -0.829. The highest BCUT2D eigenvalue weighted by Gasteiger charge is 2.33. The lowest BCUT2D eigenvalue weighted by Gasteiger charge is -2.38. The fourth-order valence-electron chi connectivity index (χ4n) is 1.10. The predicted molar refractivity (Wildman–Crippen MR) is 55.4 cm³/mol. The SMILES string of the molecule is CC(C)(C)CN(C(=O)O)C(C)(C)CO. The van der Waals surface area contributed by atoms with Crippen molar-refractivity contribution in [3.8, 4) is 0 Å². The molecule has 2 N–H and O–H groups in total. The van der Waals surface area contributed by atoms with Gasteiger partial charge in [-0.3, -0.25) is 0 Å². The van der Waals surface area contributed by atoms with Crippen molar-refractivity contribution in [2.75, 3.05) is 13.2 Å². The van der Waals surface area contributed by atoms with Gasteiger partial charge in [-0.2, -0.15) is 0 Å². The maximum Gasteiger partial charge on any atom is 0.407 e. The lowest BCUT2D eigenvalue weighted by Crippen LogP contribution is -2.52. The summed E-state index contributed by atoms with van der Waals surface area (Å²) in [7, 11) is 0. The first-order chi connectivity index (χ1) is 6.10. The predicted octanol–water partition coefficient (Wildman–Crippen LogP) is 1.78. The molecule has 0 aliphatic heterocycles. The largest absolute Gasteiger partial charge is 0.465 e. The van der Waals surface area contributed by atoms with E-state index < -0.39 is 11.6 Å². The van der Waals surface area contributed by atoms with E-state index in [-0.39, 0.29) is 12.0 Å². The molecule has 14 heavy (non-hydrogen) atoms. The first-order valence-corrected chi connectivity index (χ1v) is 4.71. The van der Waals surface area contributed by atoms with Crippen LogP contribution in [-0.2, 0) is 0 Å². The van der Waals surface area contributed by atoms with Crippen LogP contribution < -0.4 is 0 Å². The molecule has 0 atom stereocenters. The van der Waals surface area contributed by atoms with Gasteiger partial charge >= 0.3 is 6.09 Å². The Balaban J connectivity index is 4.71. The van der Waals surface area contributed by atoms with Gasteiger partial charge in [-0.1, -0.05) is 20.8 Å². The van der Waals surface area contributed by atoms with Crippen molar-refractivity contribution in [3.63, 3.8) is 0 Å². The quantitative estimate of drug-likeness (QED) is 0.735. The molecule has 0 rings (SSSR count). The summed E-state index contributed by atoms with van der Waals surface area (Å²) in [5.74, 6) is 0. The van der Waals surface area contributed by atoms with Gasteiger partial charge < -0.3 is 15.1 Å². The number of aliphatic hydroxyl groups excluding tert-OH is 1. The first-order valence-electron chi connectivity index (χ1n) is 4.71. The van der Waals surface area contributed by atoms with Gasteiger partial charge in [0.05, 0.1) is 12.1 Å². The second-order valence-corrected chi connectivity index (χ2v) is 5.40. The Morgan fingerprint density at radius 1 is 1.21 bits per heavy atom. The molecule has 0 aromatic rings. The second-order valence-electron chi connectivity index (χ2n) is 5.40. The number of aliphatic hydroxyl groups is 1. The van der Waals surface area contributed by atoms with Gasteiger partial charge in [0, 0.05) is 6.54 Å². The van der Waals surface area contributed by atoms with E-state index in [1.54, 1.807) is 13.8 Å². The summed E-state index contributed by atoms with van der Waals surface area (Å²) < 4.78 is 0. The number of hydrogen-bond donors (Lipinski definition) is 2. The van der Waals surface area contributed by atoms with Crippen LogP contribution in [0.4, 0.5) is 4.79 Å². The van der Waals surface area contributed by atoms with E-state index in [0.717, 1.165) is 0 Å². The number of hydrogen-bond acceptors (Lipinski definition) is 2. The fraction of sp³-hybridized carbons (Fsp3) is 0.900. The van der Waals surface area contributed by atoms with Gasteiger partial charge in [0.2, 0.25) is 0 Å². The van der Waals surface area contributed by atoms with E-state index in [2.05, 4.69) is 0 Å². The highest BCUT2D eigenvalue weighted by Crippen LogP contribution is 2.22. The molecular formula is C10H21NO3. The number of carbonyl (C=O) groups is 1. The van der Waals surface area contributed by atoms with E-state index in [1.807, 2.05) is 20.8 Å². The standard InChI is InChI=1S/C10H21NO3/c1-9(2,3)6-11(8(13)14)10(4,5)7-12/h12H,6-7H2,1-5H3,(H,13,14). The summed E-state index contributed by atoms with van der Waals surface area (Å²) in [4.78, 5) is 12.3. The molecule has 4 heteroatoms. The van der Waals surface area contributed by atoms with E-state index in [9.17, 15) is 4.79 Å². The van der Waals surface area contributed by atoms with Crippen molar-refractivity contribution >= 4 is 6.09 Å². The summed E-state index contributed by atoms with van der Waals surface area (Å²) in [6.45, 7) is 9.58. The van der Waals surface area contributed by atoms with E-state index in [0.29, 0.717) is 6.54 Å². The molecule has 0 saturated carbocycles. The van der Waals surface area contributed by atoms with Crippen LogP contribution in [0.25, 0.3) is 0 Å². The maximum absolute atomic E-state index is 11.0. The third-order valence-electron chi connectivity index (χ3n) is 1.98. The molecule has 0 radical (unpaired) electrons. The van der Waals surface area contributed by atoms with Gasteiger partial charge in [-0.05, 0) is 19.3 Å². The second kappa shape index (κ2) is 4.17. The zero-order chi connectivity index (χ0) is 11.6. The Hall–Kier alpha value is -0.770. The molecule has 0 spiro atoms. The molecule has 0 aliphatic carbocycles. The van der Waals surface area contributed by atoms with E-state index in [1.165, 1.54) is 4.90 Å². The average Bonchev–Trinajstić information content (AvgIpc) is 1.98. The smallest absolute Gasteiger partial charge is 0.407 e. The molecule has 1 amide bonds. The van der Waals surface area contributed by atoms with Crippen molar-refractivity contribution < 1.29 is 15.0 Å². The highest BCUT2D eigenvalue weighted by molar-refractivity contribution is 5.66. The Morgan fingerprint density at radius 2 is 1.64 bits per heavy atom. The van der Waals surface area contributed by atoms with Crippen LogP contribution in [-0.4, -0.2) is 39.9 Å². The number of carboxylic acid groups (broad SMARTS) is 1. The van der Waals surface area contributed by atoms with E-state index in [4.69, 9.17) is 10.2 Å². The minimum absolute atomic E-state index is 0.106. The molecular weight excluding hydrogens is 182 g/mol. The molecule has 4 nitrogen and oxygen atoms in total. The van der Waals surface area contributed by atoms with Gasteiger partial charge in [0.1, 0.15) is 0 Å². The maximum atomic E-state index is 11.0. The number of nitrogens with zero attached hydrogens (tertiary/aromatic N) is 1. The van der Waals surface area contributed by atoms with Crippen LogP contribution in [0, 0.1) is 5.41 Å². The van der Waals surface area contributed by atoms with E-state index >= 15 is 0 Å². The normalized spacial score (nSPS) is 12.7. The van der Waals surface area contributed by atoms with Gasteiger partial charge in [0.25, 0.3) is 0 Å². The molecule has 0 unspecified atom stereocenters. The molecule has 0 aromatic heterocycles. The van der Waals surface area contributed by atoms with Crippen LogP contribution in [0.5, 0.6) is 0 Å². The summed E-state index contributed by atoms with van der Waals surface area (Å²) in [6.07, 6.45) is -0.987. The first kappa shape index (κ1) is 13.2. The van der Waals surface area contributed by atoms with Crippen LogP contribution in [0.3, 0.4) is 0 Å². The van der Waals surface area contributed by atoms with Crippen LogP contribution in [0.2, 0.25) is 0 Å². The Bertz CT molecular complexity index is 206. The van der Waals surface area contributed by atoms with Crippen molar-refractivity contribution in [1.29, 1.82) is 0 Å². The van der Waals surface area contributed by atoms with Crippen molar-refractivity contribution in [1.82, 2.24) is 4.90 Å². The minimum atomic E-state index is -0.987. The van der Waals surface area contributed by atoms with Crippen molar-refractivity contribution in [2.45, 2.75) is 40.2 Å². The Morgan fingerprint density at radius 3 is 1.86 bits per heavy atom. The number of rotatable bonds is 3. The molecule has 0 aromatic carbocycles. The monoisotopic (exact) mass is 203 g/mol.